The molecule has 2 aromatic carbocycles. The summed E-state index contributed by atoms with van der Waals surface area (Å²) in [4.78, 5) is 17.1. The lowest BCUT2D eigenvalue weighted by atomic mass is 9.50. The van der Waals surface area contributed by atoms with Crippen LogP contribution in [-0.2, 0) is 11.2 Å². The molecular formula is C42H56N2O3. The summed E-state index contributed by atoms with van der Waals surface area (Å²) in [6.07, 6.45) is 20.0. The lowest BCUT2D eigenvalue weighted by Crippen LogP contribution is -2.52. The number of likely N-dealkylation sites (tertiary alicyclic amines) is 1. The molecule has 0 aromatic heterocycles. The van der Waals surface area contributed by atoms with E-state index in [9.17, 15) is 15.0 Å². The van der Waals surface area contributed by atoms with Crippen molar-refractivity contribution in [3.63, 3.8) is 0 Å². The normalized spacial score (nSPS) is 33.6. The Kier molecular flexibility index (Phi) is 10.6. The van der Waals surface area contributed by atoms with Crippen molar-refractivity contribution >= 4 is 11.6 Å². The molecule has 4 aliphatic carbocycles. The summed E-state index contributed by atoms with van der Waals surface area (Å²) >= 11 is 0. The second kappa shape index (κ2) is 14.7. The average molecular weight is 637 g/mol. The van der Waals surface area contributed by atoms with E-state index in [2.05, 4.69) is 66.3 Å². The van der Waals surface area contributed by atoms with Crippen molar-refractivity contribution in [3.05, 3.63) is 77.9 Å². The Morgan fingerprint density at radius 2 is 1.64 bits per heavy atom. The predicted molar refractivity (Wildman–Crippen MR) is 191 cm³/mol. The molecule has 0 radical (unpaired) electrons. The number of benzene rings is 2. The number of anilines is 1. The monoisotopic (exact) mass is 636 g/mol. The molecule has 2 aromatic rings. The largest absolute Gasteiger partial charge is 0.389 e. The molecule has 47 heavy (non-hydrogen) atoms. The number of hydrogen-bond donors (Lipinski definition) is 2. The zero-order valence-electron chi connectivity index (χ0n) is 28.7. The lowest BCUT2D eigenvalue weighted by molar-refractivity contribution is -0.119. The Balaban J connectivity index is 0.000000165. The second-order valence-corrected chi connectivity index (χ2v) is 15.2. The van der Waals surface area contributed by atoms with Gasteiger partial charge in [0.25, 0.3) is 0 Å². The summed E-state index contributed by atoms with van der Waals surface area (Å²) in [5.74, 6) is 5.73. The fourth-order valence-corrected chi connectivity index (χ4v) is 10.2. The number of nitrogens with zero attached hydrogens (tertiary/aromatic N) is 2. The van der Waals surface area contributed by atoms with Crippen molar-refractivity contribution in [2.45, 2.75) is 109 Å². The van der Waals surface area contributed by atoms with Gasteiger partial charge in [0.2, 0.25) is 5.91 Å². The van der Waals surface area contributed by atoms with Gasteiger partial charge >= 0.3 is 0 Å². The standard InChI is InChI=1S/C22H28N2O.C20H28O2/c1-2-22(25)24(20-11-7-4-8-12-20)21-14-17-23(18-15-21)16-13-19-9-5-3-6-10-19;1-3-20(22)11-9-18-17-6-4-13-12-14(21)5-7-15(13)16(17)8-10-19(18,20)2/h3-12,21H,2,13-18H2,1H3;1,12,14-18,21-22H,4-11H2,2H3/t;14-,15-,16+,17+,18-,19-,20-/m.0/s1. The highest BCUT2D eigenvalue weighted by Gasteiger charge is 2.61. The van der Waals surface area contributed by atoms with Crippen molar-refractivity contribution in [2.24, 2.45) is 29.1 Å². The van der Waals surface area contributed by atoms with Gasteiger partial charge in [0.1, 0.15) is 5.60 Å². The van der Waals surface area contributed by atoms with Crippen LogP contribution < -0.4 is 4.90 Å². The maximum absolute atomic E-state index is 12.5. The number of piperidine rings is 1. The first-order chi connectivity index (χ1) is 22.8. The smallest absolute Gasteiger partial charge is 0.226 e. The van der Waals surface area contributed by atoms with Crippen molar-refractivity contribution in [1.82, 2.24) is 4.90 Å². The molecule has 2 N–H and O–H groups in total. The Morgan fingerprint density at radius 1 is 0.936 bits per heavy atom. The second-order valence-electron chi connectivity index (χ2n) is 15.2. The molecule has 0 spiro atoms. The Morgan fingerprint density at radius 3 is 2.32 bits per heavy atom. The fraction of sp³-hybridized carbons (Fsp3) is 0.595. The molecule has 7 atom stereocenters. The minimum atomic E-state index is -0.887. The summed E-state index contributed by atoms with van der Waals surface area (Å²) in [7, 11) is 0. The molecule has 5 nitrogen and oxygen atoms in total. The highest BCUT2D eigenvalue weighted by molar-refractivity contribution is 5.93. The van der Waals surface area contributed by atoms with Crippen LogP contribution in [0.5, 0.6) is 0 Å². The van der Waals surface area contributed by atoms with Crippen LogP contribution in [0.4, 0.5) is 5.69 Å². The Labute approximate surface area is 283 Å². The minimum absolute atomic E-state index is 0.0850. The van der Waals surface area contributed by atoms with E-state index in [1.165, 1.54) is 24.0 Å². The average Bonchev–Trinajstić information content (AvgIpc) is 3.39. The molecule has 5 aliphatic rings. The number of aliphatic hydroxyl groups excluding tert-OH is 1. The van der Waals surface area contributed by atoms with E-state index in [4.69, 9.17) is 6.42 Å². The summed E-state index contributed by atoms with van der Waals surface area (Å²) in [5.41, 5.74) is 2.99. The number of terminal acetylenes is 1. The SMILES string of the molecule is C#C[C@]1(O)CC[C@H]2[C@@H]3CCC4=C[C@@H](O)CC[C@@H]4[C@H]3CC[C@@]21C.CCC(=O)N(c1ccccc1)C1CCN(CCc2ccccc2)CC1. The number of hydrogen-bond acceptors (Lipinski definition) is 4. The minimum Gasteiger partial charge on any atom is -0.389 e. The first-order valence-electron chi connectivity index (χ1n) is 18.5. The van der Waals surface area contributed by atoms with E-state index < -0.39 is 5.60 Å². The molecule has 0 bridgehead atoms. The lowest BCUT2D eigenvalue weighted by Gasteiger charge is -2.55. The predicted octanol–water partition coefficient (Wildman–Crippen LogP) is 7.42. The molecule has 5 heteroatoms. The van der Waals surface area contributed by atoms with Crippen molar-refractivity contribution < 1.29 is 15.0 Å². The highest BCUT2D eigenvalue weighted by atomic mass is 16.3. The van der Waals surface area contributed by atoms with Gasteiger partial charge < -0.3 is 20.0 Å². The number of aliphatic hydroxyl groups is 2. The van der Waals surface area contributed by atoms with Crippen LogP contribution in [0.2, 0.25) is 0 Å². The third-order valence-electron chi connectivity index (χ3n) is 12.9. The number of allylic oxidation sites excluding steroid dienone is 1. The van der Waals surface area contributed by atoms with Crippen LogP contribution in [0.3, 0.4) is 0 Å². The fourth-order valence-electron chi connectivity index (χ4n) is 10.2. The van der Waals surface area contributed by atoms with Gasteiger partial charge in [-0.3, -0.25) is 4.79 Å². The maximum atomic E-state index is 12.5. The van der Waals surface area contributed by atoms with Gasteiger partial charge in [0.05, 0.1) is 6.10 Å². The van der Waals surface area contributed by atoms with Crippen LogP contribution >= 0.6 is 0 Å². The van der Waals surface area contributed by atoms with Crippen molar-refractivity contribution in [3.8, 4) is 12.3 Å². The van der Waals surface area contributed by atoms with Crippen molar-refractivity contribution in [2.75, 3.05) is 24.5 Å². The molecular weight excluding hydrogens is 580 g/mol. The third-order valence-corrected chi connectivity index (χ3v) is 12.9. The van der Waals surface area contributed by atoms with Gasteiger partial charge in [-0.05, 0) is 112 Å². The third kappa shape index (κ3) is 6.98. The van der Waals surface area contributed by atoms with Crippen LogP contribution in [0.1, 0.15) is 90.0 Å². The summed E-state index contributed by atoms with van der Waals surface area (Å²) in [5, 5.41) is 20.8. The topological polar surface area (TPSA) is 64.0 Å². The molecule has 1 aliphatic heterocycles. The number of rotatable bonds is 6. The number of amides is 1. The number of para-hydroxylation sites is 1. The maximum Gasteiger partial charge on any atom is 0.226 e. The molecule has 3 saturated carbocycles. The quantitative estimate of drug-likeness (QED) is 0.256. The zero-order chi connectivity index (χ0) is 33.0. The van der Waals surface area contributed by atoms with E-state index in [-0.39, 0.29) is 17.4 Å². The van der Waals surface area contributed by atoms with Gasteiger partial charge in [0, 0.05) is 43.2 Å². The molecule has 252 valence electrons. The van der Waals surface area contributed by atoms with E-state index in [1.807, 2.05) is 30.0 Å². The van der Waals surface area contributed by atoms with Crippen LogP contribution in [-0.4, -0.2) is 58.4 Å². The Bertz CT molecular complexity index is 1410. The van der Waals surface area contributed by atoms with E-state index in [0.29, 0.717) is 24.3 Å². The molecule has 1 heterocycles. The van der Waals surface area contributed by atoms with Gasteiger partial charge in [-0.1, -0.05) is 79.9 Å². The molecule has 0 unspecified atom stereocenters. The highest BCUT2D eigenvalue weighted by Crippen LogP contribution is 2.64. The first kappa shape index (κ1) is 34.0. The summed E-state index contributed by atoms with van der Waals surface area (Å²) in [6.45, 7) is 7.43. The van der Waals surface area contributed by atoms with Crippen LogP contribution in [0.15, 0.2) is 72.3 Å². The van der Waals surface area contributed by atoms with E-state index >= 15 is 0 Å². The van der Waals surface area contributed by atoms with Crippen molar-refractivity contribution in [1.29, 1.82) is 0 Å². The number of carbonyl (C=O) groups is 1. The van der Waals surface area contributed by atoms with Gasteiger partial charge in [-0.2, -0.15) is 0 Å². The molecule has 1 saturated heterocycles. The van der Waals surface area contributed by atoms with E-state index in [1.54, 1.807) is 0 Å². The van der Waals surface area contributed by atoms with Gasteiger partial charge in [-0.25, -0.2) is 0 Å². The van der Waals surface area contributed by atoms with Crippen LogP contribution in [0, 0.1) is 41.4 Å². The zero-order valence-corrected chi connectivity index (χ0v) is 28.7. The van der Waals surface area contributed by atoms with Crippen LogP contribution in [0.25, 0.3) is 0 Å². The number of carbonyl (C=O) groups excluding carboxylic acids is 1. The molecule has 1 amide bonds. The van der Waals surface area contributed by atoms with E-state index in [0.717, 1.165) is 94.9 Å². The van der Waals surface area contributed by atoms with Gasteiger partial charge in [0.15, 0.2) is 0 Å². The Hall–Kier alpha value is -2.91. The van der Waals surface area contributed by atoms with Gasteiger partial charge in [-0.15, -0.1) is 6.42 Å². The molecule has 7 rings (SSSR count). The molecule has 4 fully saturated rings. The number of fused-ring (bicyclic) bond motifs is 5. The summed E-state index contributed by atoms with van der Waals surface area (Å²) in [6, 6.07) is 21.1. The summed E-state index contributed by atoms with van der Waals surface area (Å²) < 4.78 is 0. The first-order valence-corrected chi connectivity index (χ1v) is 18.5.